The lowest BCUT2D eigenvalue weighted by Gasteiger charge is -2.44. The number of fused-ring (bicyclic) bond motifs is 1. The molecule has 1 aromatic rings. The Labute approximate surface area is 146 Å². The van der Waals surface area contributed by atoms with Crippen LogP contribution < -0.4 is 4.90 Å². The molecular weight excluding hydrogens is 322 g/mol. The predicted octanol–water partition coefficient (Wildman–Crippen LogP) is 2.00. The Morgan fingerprint density at radius 1 is 1.17 bits per heavy atom. The average Bonchev–Trinajstić information content (AvgIpc) is 3.12. The van der Waals surface area contributed by atoms with Gasteiger partial charge in [0, 0.05) is 37.3 Å². The molecule has 0 unspecified atom stereocenters. The Balaban J connectivity index is 1.49. The minimum absolute atomic E-state index is 0.103. The third-order valence-electron chi connectivity index (χ3n) is 5.54. The molecule has 2 aliphatic heterocycles. The van der Waals surface area contributed by atoms with Gasteiger partial charge in [-0.25, -0.2) is 4.98 Å². The number of amides is 1. The summed E-state index contributed by atoms with van der Waals surface area (Å²) in [5.74, 6) is 0.732. The fourth-order valence-electron chi connectivity index (χ4n) is 4.10. The summed E-state index contributed by atoms with van der Waals surface area (Å²) in [6, 6.07) is -0.200. The maximum absolute atomic E-state index is 12.9. The summed E-state index contributed by atoms with van der Waals surface area (Å²) in [6.07, 6.45) is 10.6. The molecule has 0 N–H and O–H groups in total. The van der Waals surface area contributed by atoms with Crippen molar-refractivity contribution in [1.29, 1.82) is 5.26 Å². The third kappa shape index (κ3) is 2.89. The molecule has 1 atom stereocenters. The molecule has 0 aromatic carbocycles. The molecule has 24 heavy (non-hydrogen) atoms. The van der Waals surface area contributed by atoms with Crippen molar-refractivity contribution in [2.75, 3.05) is 37.6 Å². The topological polar surface area (TPSA) is 63.5 Å². The fraction of sp³-hybridized carbons (Fsp3) is 0.706. The van der Waals surface area contributed by atoms with E-state index in [2.05, 4.69) is 16.1 Å². The molecule has 0 bridgehead atoms. The number of carbonyl (C=O) groups is 1. The van der Waals surface area contributed by atoms with E-state index in [1.807, 2.05) is 11.1 Å². The molecule has 3 heterocycles. The molecule has 1 aromatic heterocycles. The van der Waals surface area contributed by atoms with Gasteiger partial charge in [0.15, 0.2) is 11.3 Å². The quantitative estimate of drug-likeness (QED) is 0.767. The van der Waals surface area contributed by atoms with Crippen molar-refractivity contribution in [3.8, 4) is 6.19 Å². The summed E-state index contributed by atoms with van der Waals surface area (Å²) in [5.41, 5.74) is 0. The fourth-order valence-corrected chi connectivity index (χ4v) is 5.21. The lowest BCUT2D eigenvalue weighted by atomic mass is 9.89. The molecular formula is C17H23N5OS. The lowest BCUT2D eigenvalue weighted by Crippen LogP contribution is -2.64. The molecule has 2 saturated heterocycles. The van der Waals surface area contributed by atoms with Crippen molar-refractivity contribution in [3.63, 3.8) is 0 Å². The number of piperazine rings is 2. The Bertz CT molecular complexity index is 648. The summed E-state index contributed by atoms with van der Waals surface area (Å²) < 4.78 is 0. The molecule has 6 nitrogen and oxygen atoms in total. The van der Waals surface area contributed by atoms with Gasteiger partial charge in [-0.1, -0.05) is 19.3 Å². The Kier molecular flexibility index (Phi) is 4.42. The number of nitrogens with zero attached hydrogens (tertiary/aromatic N) is 5. The highest BCUT2D eigenvalue weighted by Gasteiger charge is 2.40. The molecule has 3 aliphatic rings. The van der Waals surface area contributed by atoms with Gasteiger partial charge >= 0.3 is 0 Å². The van der Waals surface area contributed by atoms with E-state index >= 15 is 0 Å². The molecule has 3 fully saturated rings. The van der Waals surface area contributed by atoms with Gasteiger partial charge in [0.05, 0.1) is 6.54 Å². The highest BCUT2D eigenvalue weighted by molar-refractivity contribution is 7.15. The van der Waals surface area contributed by atoms with Crippen LogP contribution in [0.3, 0.4) is 0 Å². The van der Waals surface area contributed by atoms with Crippen molar-refractivity contribution in [1.82, 2.24) is 14.8 Å². The van der Waals surface area contributed by atoms with Crippen LogP contribution in [0.2, 0.25) is 0 Å². The molecule has 7 heteroatoms. The Morgan fingerprint density at radius 2 is 1.96 bits per heavy atom. The van der Waals surface area contributed by atoms with E-state index in [0.717, 1.165) is 24.8 Å². The molecule has 1 saturated carbocycles. The van der Waals surface area contributed by atoms with Crippen molar-refractivity contribution < 1.29 is 4.79 Å². The minimum Gasteiger partial charge on any atom is -0.307 e. The first-order valence-electron chi connectivity index (χ1n) is 8.92. The summed E-state index contributed by atoms with van der Waals surface area (Å²) in [4.78, 5) is 24.6. The second-order valence-electron chi connectivity index (χ2n) is 6.97. The van der Waals surface area contributed by atoms with Crippen molar-refractivity contribution in [2.24, 2.45) is 0 Å². The van der Waals surface area contributed by atoms with Gasteiger partial charge < -0.3 is 4.90 Å². The smallest absolute Gasteiger partial charge is 0.248 e. The first-order chi connectivity index (χ1) is 11.8. The standard InChI is InChI=1S/C17H23N5OS/c18-12-20-6-7-21-8-9-22(16(23)14(21)11-20)17-19-10-15(24-17)13-4-2-1-3-5-13/h10,13-14H,1-9,11H2/t14-/m1/s1. The number of rotatable bonds is 2. The van der Waals surface area contributed by atoms with E-state index in [9.17, 15) is 4.79 Å². The number of carbonyl (C=O) groups excluding carboxylic acids is 1. The summed E-state index contributed by atoms with van der Waals surface area (Å²) in [5, 5.41) is 9.96. The summed E-state index contributed by atoms with van der Waals surface area (Å²) in [7, 11) is 0. The zero-order valence-electron chi connectivity index (χ0n) is 13.9. The first-order valence-corrected chi connectivity index (χ1v) is 9.74. The average molecular weight is 345 g/mol. The van der Waals surface area contributed by atoms with Crippen LogP contribution in [0, 0.1) is 11.5 Å². The van der Waals surface area contributed by atoms with Crippen LogP contribution in [0.15, 0.2) is 6.20 Å². The molecule has 1 aliphatic carbocycles. The largest absolute Gasteiger partial charge is 0.307 e. The highest BCUT2D eigenvalue weighted by atomic mass is 32.1. The second kappa shape index (κ2) is 6.69. The van der Waals surface area contributed by atoms with E-state index in [-0.39, 0.29) is 11.9 Å². The molecule has 0 spiro atoms. The van der Waals surface area contributed by atoms with Gasteiger partial charge in [0.1, 0.15) is 6.04 Å². The van der Waals surface area contributed by atoms with Crippen molar-refractivity contribution >= 4 is 22.4 Å². The number of aromatic nitrogens is 1. The highest BCUT2D eigenvalue weighted by Crippen LogP contribution is 2.38. The van der Waals surface area contributed by atoms with E-state index in [0.29, 0.717) is 19.0 Å². The second-order valence-corrected chi connectivity index (χ2v) is 8.01. The zero-order chi connectivity index (χ0) is 16.5. The van der Waals surface area contributed by atoms with Gasteiger partial charge in [-0.05, 0) is 18.8 Å². The van der Waals surface area contributed by atoms with Crippen molar-refractivity contribution in [3.05, 3.63) is 11.1 Å². The third-order valence-corrected chi connectivity index (χ3v) is 6.73. The predicted molar refractivity (Wildman–Crippen MR) is 92.8 cm³/mol. The normalized spacial score (nSPS) is 26.3. The first kappa shape index (κ1) is 15.9. The SMILES string of the molecule is N#CN1CCN2CCN(c3ncc(C4CCCCC4)s3)C(=O)[C@H]2C1. The molecule has 0 radical (unpaired) electrons. The van der Waals surface area contributed by atoms with Gasteiger partial charge in [0.25, 0.3) is 0 Å². The van der Waals surface area contributed by atoms with Crippen LogP contribution in [-0.4, -0.2) is 59.5 Å². The van der Waals surface area contributed by atoms with Crippen LogP contribution >= 0.6 is 11.3 Å². The zero-order valence-corrected chi connectivity index (χ0v) is 14.7. The summed E-state index contributed by atoms with van der Waals surface area (Å²) >= 11 is 1.69. The van der Waals surface area contributed by atoms with Crippen LogP contribution in [0.5, 0.6) is 0 Å². The molecule has 128 valence electrons. The Morgan fingerprint density at radius 3 is 2.75 bits per heavy atom. The maximum atomic E-state index is 12.9. The monoisotopic (exact) mass is 345 g/mol. The number of thiazole rings is 1. The van der Waals surface area contributed by atoms with E-state index in [1.54, 1.807) is 16.2 Å². The van der Waals surface area contributed by atoms with Gasteiger partial charge in [-0.15, -0.1) is 11.3 Å². The van der Waals surface area contributed by atoms with Gasteiger partial charge in [0.2, 0.25) is 5.91 Å². The Hall–Kier alpha value is -1.65. The molecule has 1 amide bonds. The lowest BCUT2D eigenvalue weighted by molar-refractivity contribution is -0.127. The number of anilines is 1. The number of hydrogen-bond donors (Lipinski definition) is 0. The van der Waals surface area contributed by atoms with Crippen LogP contribution in [0.4, 0.5) is 5.13 Å². The van der Waals surface area contributed by atoms with Crippen LogP contribution in [0.25, 0.3) is 0 Å². The minimum atomic E-state index is -0.200. The van der Waals surface area contributed by atoms with Crippen LogP contribution in [0.1, 0.15) is 42.9 Å². The van der Waals surface area contributed by atoms with Crippen molar-refractivity contribution in [2.45, 2.75) is 44.1 Å². The number of nitriles is 1. The number of hydrogen-bond acceptors (Lipinski definition) is 6. The van der Waals surface area contributed by atoms with Gasteiger partial charge in [-0.2, -0.15) is 5.26 Å². The summed E-state index contributed by atoms with van der Waals surface area (Å²) in [6.45, 7) is 3.60. The van der Waals surface area contributed by atoms with Gasteiger partial charge in [-0.3, -0.25) is 14.6 Å². The van der Waals surface area contributed by atoms with Crippen LogP contribution in [-0.2, 0) is 4.79 Å². The maximum Gasteiger partial charge on any atom is 0.248 e. The molecule has 4 rings (SSSR count). The van der Waals surface area contributed by atoms with E-state index < -0.39 is 0 Å². The van der Waals surface area contributed by atoms with E-state index in [1.165, 1.54) is 37.0 Å². The van der Waals surface area contributed by atoms with E-state index in [4.69, 9.17) is 5.26 Å².